The highest BCUT2D eigenvalue weighted by molar-refractivity contribution is 5.97. The van der Waals surface area contributed by atoms with Crippen LogP contribution in [0.25, 0.3) is 0 Å². The molecule has 1 fully saturated rings. The molecular formula is C11H9F3N2O3. The number of aliphatic carboxylic acids is 1. The van der Waals surface area contributed by atoms with Crippen LogP contribution >= 0.6 is 0 Å². The van der Waals surface area contributed by atoms with Gasteiger partial charge in [-0.25, -0.2) is 4.79 Å². The van der Waals surface area contributed by atoms with Crippen LogP contribution in [0.3, 0.4) is 0 Å². The number of nitrogens with zero attached hydrogens (tertiary/aromatic N) is 1. The molecule has 1 aromatic heterocycles. The van der Waals surface area contributed by atoms with Crippen molar-refractivity contribution < 1.29 is 27.9 Å². The molecule has 0 spiro atoms. The second-order valence-electron chi connectivity index (χ2n) is 4.27. The summed E-state index contributed by atoms with van der Waals surface area (Å²) >= 11 is 0. The molecule has 0 atom stereocenters. The van der Waals surface area contributed by atoms with Gasteiger partial charge in [0.15, 0.2) is 0 Å². The number of rotatable bonds is 3. The molecular weight excluding hydrogens is 265 g/mol. The molecule has 0 unspecified atom stereocenters. The number of aromatic nitrogens is 1. The Labute approximate surface area is 105 Å². The number of halogens is 3. The lowest BCUT2D eigenvalue weighted by Crippen LogP contribution is -2.43. The molecule has 0 saturated heterocycles. The van der Waals surface area contributed by atoms with E-state index in [1.807, 2.05) is 0 Å². The fourth-order valence-electron chi connectivity index (χ4n) is 1.49. The fraction of sp³-hybridized carbons (Fsp3) is 0.364. The van der Waals surface area contributed by atoms with Crippen LogP contribution in [0.5, 0.6) is 0 Å². The molecule has 5 nitrogen and oxygen atoms in total. The van der Waals surface area contributed by atoms with Crippen LogP contribution in [0.2, 0.25) is 0 Å². The van der Waals surface area contributed by atoms with Crippen molar-refractivity contribution in [3.63, 3.8) is 0 Å². The van der Waals surface area contributed by atoms with Crippen LogP contribution in [-0.2, 0) is 11.0 Å². The highest BCUT2D eigenvalue weighted by atomic mass is 19.4. The molecule has 102 valence electrons. The molecule has 1 saturated carbocycles. The summed E-state index contributed by atoms with van der Waals surface area (Å²) in [6, 6.07) is 1.64. The summed E-state index contributed by atoms with van der Waals surface area (Å²) in [6.45, 7) is 0. The summed E-state index contributed by atoms with van der Waals surface area (Å²) in [4.78, 5) is 25.9. The highest BCUT2D eigenvalue weighted by Crippen LogP contribution is 2.35. The number of carboxylic acids is 1. The van der Waals surface area contributed by atoms with Crippen molar-refractivity contribution in [3.05, 3.63) is 29.6 Å². The van der Waals surface area contributed by atoms with Gasteiger partial charge in [0.05, 0.1) is 5.56 Å². The molecule has 0 radical (unpaired) electrons. The largest absolute Gasteiger partial charge is 0.480 e. The predicted molar refractivity (Wildman–Crippen MR) is 56.3 cm³/mol. The topological polar surface area (TPSA) is 79.3 Å². The van der Waals surface area contributed by atoms with Gasteiger partial charge in [0, 0.05) is 6.20 Å². The first-order valence-electron chi connectivity index (χ1n) is 5.34. The third-order valence-electron chi connectivity index (χ3n) is 2.84. The van der Waals surface area contributed by atoms with Gasteiger partial charge >= 0.3 is 12.1 Å². The minimum Gasteiger partial charge on any atom is -0.480 e. The molecule has 1 amide bonds. The van der Waals surface area contributed by atoms with Gasteiger partial charge in [-0.2, -0.15) is 13.2 Å². The lowest BCUT2D eigenvalue weighted by atomic mass is 10.2. The zero-order valence-electron chi connectivity index (χ0n) is 9.49. The standard InChI is InChI=1S/C11H9F3N2O3/c12-11(13,14)6-1-2-7(15-5-6)8(17)16-10(3-4-10)9(18)19/h1-2,5H,3-4H2,(H,16,17)(H,18,19). The van der Waals surface area contributed by atoms with Crippen molar-refractivity contribution in [2.24, 2.45) is 0 Å². The Morgan fingerprint density at radius 3 is 2.32 bits per heavy atom. The van der Waals surface area contributed by atoms with Crippen LogP contribution in [-0.4, -0.2) is 27.5 Å². The predicted octanol–water partition coefficient (Wildman–Crippen LogP) is 1.45. The van der Waals surface area contributed by atoms with Gasteiger partial charge in [0.25, 0.3) is 5.91 Å². The first-order chi connectivity index (χ1) is 8.74. The van der Waals surface area contributed by atoms with Crippen LogP contribution in [0.4, 0.5) is 13.2 Å². The van der Waals surface area contributed by atoms with Crippen molar-refractivity contribution in [2.45, 2.75) is 24.6 Å². The smallest absolute Gasteiger partial charge is 0.417 e. The molecule has 1 aliphatic carbocycles. The molecule has 8 heteroatoms. The SMILES string of the molecule is O=C(NC1(C(=O)O)CC1)c1ccc(C(F)(F)F)cn1. The first kappa shape index (κ1) is 13.3. The summed E-state index contributed by atoms with van der Waals surface area (Å²) < 4.78 is 36.9. The number of pyridine rings is 1. The third kappa shape index (κ3) is 2.67. The Balaban J connectivity index is 2.11. The summed E-state index contributed by atoms with van der Waals surface area (Å²) in [5, 5.41) is 11.1. The maximum absolute atomic E-state index is 12.3. The maximum atomic E-state index is 12.3. The molecule has 2 rings (SSSR count). The van der Waals surface area contributed by atoms with Crippen molar-refractivity contribution >= 4 is 11.9 Å². The van der Waals surface area contributed by atoms with E-state index in [1.54, 1.807) is 0 Å². The molecule has 0 aromatic carbocycles. The van der Waals surface area contributed by atoms with Crippen molar-refractivity contribution in [1.82, 2.24) is 10.3 Å². The van der Waals surface area contributed by atoms with Crippen LogP contribution in [0, 0.1) is 0 Å². The van der Waals surface area contributed by atoms with E-state index in [1.165, 1.54) is 0 Å². The van der Waals surface area contributed by atoms with Gasteiger partial charge in [-0.1, -0.05) is 0 Å². The lowest BCUT2D eigenvalue weighted by Gasteiger charge is -2.12. The molecule has 19 heavy (non-hydrogen) atoms. The number of hydrogen-bond donors (Lipinski definition) is 2. The Morgan fingerprint density at radius 2 is 1.95 bits per heavy atom. The van der Waals surface area contributed by atoms with Crippen LogP contribution in [0.15, 0.2) is 18.3 Å². The Kier molecular flexibility index (Phi) is 2.95. The van der Waals surface area contributed by atoms with E-state index in [0.717, 1.165) is 12.1 Å². The summed E-state index contributed by atoms with van der Waals surface area (Å²) in [6.07, 6.45) is -3.39. The number of carbonyl (C=O) groups excluding carboxylic acids is 1. The quantitative estimate of drug-likeness (QED) is 0.874. The average molecular weight is 274 g/mol. The lowest BCUT2D eigenvalue weighted by molar-refractivity contribution is -0.140. The summed E-state index contributed by atoms with van der Waals surface area (Å²) in [7, 11) is 0. The third-order valence-corrected chi connectivity index (χ3v) is 2.84. The molecule has 2 N–H and O–H groups in total. The molecule has 1 aliphatic rings. The summed E-state index contributed by atoms with van der Waals surface area (Å²) in [5.41, 5.74) is -2.51. The number of carbonyl (C=O) groups is 2. The molecule has 0 bridgehead atoms. The van der Waals surface area contributed by atoms with Crippen molar-refractivity contribution in [1.29, 1.82) is 0 Å². The normalized spacial score (nSPS) is 16.8. The Bertz CT molecular complexity index is 521. The number of carboxylic acid groups (broad SMARTS) is 1. The molecule has 0 aliphatic heterocycles. The van der Waals surface area contributed by atoms with E-state index in [4.69, 9.17) is 5.11 Å². The minimum absolute atomic E-state index is 0.250. The maximum Gasteiger partial charge on any atom is 0.417 e. The highest BCUT2D eigenvalue weighted by Gasteiger charge is 2.51. The summed E-state index contributed by atoms with van der Waals surface area (Å²) in [5.74, 6) is -1.96. The van der Waals surface area contributed by atoms with E-state index in [0.29, 0.717) is 19.0 Å². The monoisotopic (exact) mass is 274 g/mol. The van der Waals surface area contributed by atoms with Crippen molar-refractivity contribution in [3.8, 4) is 0 Å². The average Bonchev–Trinajstić information content (AvgIpc) is 3.09. The van der Waals surface area contributed by atoms with Gasteiger partial charge in [-0.15, -0.1) is 0 Å². The number of nitrogens with one attached hydrogen (secondary N) is 1. The van der Waals surface area contributed by atoms with Gasteiger partial charge in [0.2, 0.25) is 0 Å². The van der Waals surface area contributed by atoms with Crippen molar-refractivity contribution in [2.75, 3.05) is 0 Å². The van der Waals surface area contributed by atoms with Crippen LogP contribution in [0.1, 0.15) is 28.9 Å². The van der Waals surface area contributed by atoms with Gasteiger partial charge < -0.3 is 10.4 Å². The second kappa shape index (κ2) is 4.22. The minimum atomic E-state index is -4.53. The number of alkyl halides is 3. The van der Waals surface area contributed by atoms with E-state index < -0.39 is 29.2 Å². The second-order valence-corrected chi connectivity index (χ2v) is 4.27. The van der Waals surface area contributed by atoms with Crippen LogP contribution < -0.4 is 5.32 Å². The van der Waals surface area contributed by atoms with E-state index in [-0.39, 0.29) is 5.69 Å². The van der Waals surface area contributed by atoms with E-state index >= 15 is 0 Å². The van der Waals surface area contributed by atoms with Gasteiger partial charge in [0.1, 0.15) is 11.2 Å². The zero-order chi connectivity index (χ0) is 14.3. The number of hydrogen-bond acceptors (Lipinski definition) is 3. The molecule has 1 aromatic rings. The first-order valence-corrected chi connectivity index (χ1v) is 5.34. The van der Waals surface area contributed by atoms with Gasteiger partial charge in [-0.3, -0.25) is 9.78 Å². The van der Waals surface area contributed by atoms with Gasteiger partial charge in [-0.05, 0) is 25.0 Å². The Hall–Kier alpha value is -2.12. The number of amides is 1. The molecule has 1 heterocycles. The van der Waals surface area contributed by atoms with E-state index in [2.05, 4.69) is 10.3 Å². The van der Waals surface area contributed by atoms with E-state index in [9.17, 15) is 22.8 Å². The fourth-order valence-corrected chi connectivity index (χ4v) is 1.49. The Morgan fingerprint density at radius 1 is 1.32 bits per heavy atom. The zero-order valence-corrected chi connectivity index (χ0v) is 9.49.